The second kappa shape index (κ2) is 15.6. The van der Waals surface area contributed by atoms with Crippen LogP contribution >= 0.6 is 0 Å². The maximum Gasteiger partial charge on any atom is 0.407 e. The van der Waals surface area contributed by atoms with E-state index in [1.165, 1.54) is 5.56 Å². The van der Waals surface area contributed by atoms with Gasteiger partial charge in [0.1, 0.15) is 23.9 Å². The van der Waals surface area contributed by atoms with Crippen LogP contribution in [0.15, 0.2) is 84.9 Å². The number of alkyl carbamates (subject to hydrolysis) is 1. The molecule has 2 aliphatic heterocycles. The van der Waals surface area contributed by atoms with Crippen molar-refractivity contribution in [3.8, 4) is 5.75 Å². The molecule has 0 aromatic heterocycles. The molecule has 3 amide bonds. The van der Waals surface area contributed by atoms with Crippen molar-refractivity contribution in [3.05, 3.63) is 102 Å². The van der Waals surface area contributed by atoms with Gasteiger partial charge in [-0.2, -0.15) is 0 Å². The quantitative estimate of drug-likeness (QED) is 0.272. The maximum absolute atomic E-state index is 14.1. The zero-order valence-corrected chi connectivity index (χ0v) is 26.1. The molecule has 0 aliphatic carbocycles. The minimum atomic E-state index is -0.901. The number of ether oxygens (including phenoxy) is 2. The van der Waals surface area contributed by atoms with Gasteiger partial charge < -0.3 is 29.9 Å². The number of methoxy groups -OCH3 is 1. The molecule has 2 heterocycles. The number of para-hydroxylation sites is 1. The van der Waals surface area contributed by atoms with Crippen LogP contribution in [0.1, 0.15) is 48.8 Å². The fraction of sp³-hybridized carbons (Fsp3) is 0.417. The third-order valence-corrected chi connectivity index (χ3v) is 8.97. The van der Waals surface area contributed by atoms with Gasteiger partial charge in [0.15, 0.2) is 0 Å². The molecule has 5 rings (SSSR count). The van der Waals surface area contributed by atoms with Crippen LogP contribution in [0.5, 0.6) is 5.75 Å². The summed E-state index contributed by atoms with van der Waals surface area (Å²) in [6.07, 6.45) is 3.46. The molecule has 9 nitrogen and oxygen atoms in total. The van der Waals surface area contributed by atoms with Crippen molar-refractivity contribution in [2.24, 2.45) is 0 Å². The van der Waals surface area contributed by atoms with Crippen molar-refractivity contribution in [1.82, 2.24) is 20.4 Å². The lowest BCUT2D eigenvalue weighted by atomic mass is 9.81. The second-order valence-electron chi connectivity index (χ2n) is 11.9. The SMILES string of the molecule is COc1ccccc1CN1C(=O)[C@H](CCCCNC(=O)OCc2ccccc2)NC(=O)C12CCN(CCc1ccccc1)CC2. The number of rotatable bonds is 13. The van der Waals surface area contributed by atoms with Crippen LogP contribution in [0, 0.1) is 0 Å². The normalized spacial score (nSPS) is 18.0. The van der Waals surface area contributed by atoms with Crippen molar-refractivity contribution in [2.75, 3.05) is 33.3 Å². The Hall–Kier alpha value is -4.37. The first-order chi connectivity index (χ1) is 22.0. The first-order valence-electron chi connectivity index (χ1n) is 15.9. The first-order valence-corrected chi connectivity index (χ1v) is 15.9. The second-order valence-corrected chi connectivity index (χ2v) is 11.9. The van der Waals surface area contributed by atoms with E-state index in [9.17, 15) is 14.4 Å². The number of piperazine rings is 1. The van der Waals surface area contributed by atoms with Crippen molar-refractivity contribution in [3.63, 3.8) is 0 Å². The van der Waals surface area contributed by atoms with Crippen molar-refractivity contribution >= 4 is 17.9 Å². The Morgan fingerprint density at radius 1 is 0.911 bits per heavy atom. The molecule has 9 heteroatoms. The number of nitrogens with zero attached hydrogens (tertiary/aromatic N) is 2. The molecule has 1 atom stereocenters. The van der Waals surface area contributed by atoms with Crippen LogP contribution in [0.4, 0.5) is 4.79 Å². The van der Waals surface area contributed by atoms with Crippen LogP contribution in [0.2, 0.25) is 0 Å². The summed E-state index contributed by atoms with van der Waals surface area (Å²) in [5, 5.41) is 5.86. The summed E-state index contributed by atoms with van der Waals surface area (Å²) in [6.45, 7) is 3.35. The van der Waals surface area contributed by atoms with Crippen LogP contribution in [-0.4, -0.2) is 72.6 Å². The highest BCUT2D eigenvalue weighted by atomic mass is 16.5. The van der Waals surface area contributed by atoms with E-state index in [0.717, 1.165) is 37.2 Å². The van der Waals surface area contributed by atoms with E-state index in [2.05, 4.69) is 39.8 Å². The molecule has 1 spiro atoms. The monoisotopic (exact) mass is 612 g/mol. The van der Waals surface area contributed by atoms with Gasteiger partial charge in [0.05, 0.1) is 13.7 Å². The Morgan fingerprint density at radius 3 is 2.29 bits per heavy atom. The predicted molar refractivity (Wildman–Crippen MR) is 173 cm³/mol. The zero-order chi connectivity index (χ0) is 31.5. The van der Waals surface area contributed by atoms with Crippen LogP contribution in [0.3, 0.4) is 0 Å². The van der Waals surface area contributed by atoms with E-state index in [0.29, 0.717) is 50.9 Å². The average Bonchev–Trinajstić information content (AvgIpc) is 3.08. The lowest BCUT2D eigenvalue weighted by Gasteiger charge is -2.51. The molecular formula is C36H44N4O5. The third-order valence-electron chi connectivity index (χ3n) is 8.97. The molecule has 2 aliphatic rings. The van der Waals surface area contributed by atoms with Gasteiger partial charge in [-0.1, -0.05) is 78.9 Å². The third kappa shape index (κ3) is 8.22. The zero-order valence-electron chi connectivity index (χ0n) is 26.1. The Balaban J connectivity index is 1.18. The molecule has 2 fully saturated rings. The average molecular weight is 613 g/mol. The van der Waals surface area contributed by atoms with E-state index in [1.807, 2.05) is 65.6 Å². The standard InChI is InChI=1S/C36H44N4O5/c1-44-32-18-9-8-16-30(32)26-40-33(41)31(17-10-11-22-37-35(43)45-27-29-14-6-3-7-15-29)38-34(42)36(40)20-24-39(25-21-36)23-19-28-12-4-2-5-13-28/h2-9,12-16,18,31H,10-11,17,19-27H2,1H3,(H,37,43)(H,38,42)/t31-/m0/s1. The molecule has 238 valence electrons. The minimum absolute atomic E-state index is 0.0616. The van der Waals surface area contributed by atoms with Gasteiger partial charge in [-0.3, -0.25) is 9.59 Å². The summed E-state index contributed by atoms with van der Waals surface area (Å²) in [5.41, 5.74) is 2.20. The molecule has 0 radical (unpaired) electrons. The Labute approximate surface area is 265 Å². The van der Waals surface area contributed by atoms with Crippen molar-refractivity contribution in [1.29, 1.82) is 0 Å². The van der Waals surface area contributed by atoms with Crippen molar-refractivity contribution < 1.29 is 23.9 Å². The molecular weight excluding hydrogens is 568 g/mol. The number of carbonyl (C=O) groups excluding carboxylic acids is 3. The minimum Gasteiger partial charge on any atom is -0.496 e. The number of benzene rings is 3. The Bertz CT molecular complexity index is 1410. The fourth-order valence-corrected chi connectivity index (χ4v) is 6.32. The highest BCUT2D eigenvalue weighted by Crippen LogP contribution is 2.36. The number of amides is 3. The van der Waals surface area contributed by atoms with Gasteiger partial charge in [-0.25, -0.2) is 4.79 Å². The number of carbonyl (C=O) groups is 3. The van der Waals surface area contributed by atoms with Crippen LogP contribution in [-0.2, 0) is 33.9 Å². The molecule has 3 aromatic rings. The molecule has 2 N–H and O–H groups in total. The van der Waals surface area contributed by atoms with Crippen LogP contribution in [0.25, 0.3) is 0 Å². The van der Waals surface area contributed by atoms with Gasteiger partial charge in [-0.05, 0) is 55.7 Å². The summed E-state index contributed by atoms with van der Waals surface area (Å²) in [5.74, 6) is 0.564. The number of hydrogen-bond donors (Lipinski definition) is 2. The van der Waals surface area contributed by atoms with E-state index in [-0.39, 0.29) is 18.4 Å². The van der Waals surface area contributed by atoms with Gasteiger partial charge >= 0.3 is 6.09 Å². The summed E-state index contributed by atoms with van der Waals surface area (Å²) in [7, 11) is 1.62. The van der Waals surface area contributed by atoms with Gasteiger partial charge in [-0.15, -0.1) is 0 Å². The van der Waals surface area contributed by atoms with Gasteiger partial charge in [0, 0.05) is 31.7 Å². The molecule has 0 saturated carbocycles. The van der Waals surface area contributed by atoms with E-state index in [1.54, 1.807) is 7.11 Å². The van der Waals surface area contributed by atoms with E-state index in [4.69, 9.17) is 9.47 Å². The van der Waals surface area contributed by atoms with Crippen molar-refractivity contribution in [2.45, 2.75) is 63.3 Å². The lowest BCUT2D eigenvalue weighted by Crippen LogP contribution is -2.72. The number of hydrogen-bond acceptors (Lipinski definition) is 6. The highest BCUT2D eigenvalue weighted by Gasteiger charge is 2.53. The molecule has 0 bridgehead atoms. The first kappa shape index (κ1) is 32.0. The summed E-state index contributed by atoms with van der Waals surface area (Å²) >= 11 is 0. The van der Waals surface area contributed by atoms with E-state index < -0.39 is 17.7 Å². The number of piperidine rings is 1. The number of unbranched alkanes of at least 4 members (excludes halogenated alkanes) is 1. The lowest BCUT2D eigenvalue weighted by molar-refractivity contribution is -0.162. The molecule has 3 aromatic carbocycles. The molecule has 45 heavy (non-hydrogen) atoms. The fourth-order valence-electron chi connectivity index (χ4n) is 6.32. The maximum atomic E-state index is 14.1. The number of nitrogens with one attached hydrogen (secondary N) is 2. The predicted octanol–water partition coefficient (Wildman–Crippen LogP) is 4.70. The Kier molecular flexibility index (Phi) is 11.1. The highest BCUT2D eigenvalue weighted by molar-refractivity contribution is 6.00. The summed E-state index contributed by atoms with van der Waals surface area (Å²) in [4.78, 5) is 44.3. The molecule has 2 saturated heterocycles. The van der Waals surface area contributed by atoms with Gasteiger partial charge in [0.25, 0.3) is 0 Å². The summed E-state index contributed by atoms with van der Waals surface area (Å²) < 4.78 is 10.9. The summed E-state index contributed by atoms with van der Waals surface area (Å²) in [6, 6.07) is 27.0. The smallest absolute Gasteiger partial charge is 0.407 e. The largest absolute Gasteiger partial charge is 0.496 e. The number of likely N-dealkylation sites (tertiary alicyclic amines) is 1. The topological polar surface area (TPSA) is 100 Å². The molecule has 0 unspecified atom stereocenters. The van der Waals surface area contributed by atoms with E-state index >= 15 is 0 Å². The van der Waals surface area contributed by atoms with Gasteiger partial charge in [0.2, 0.25) is 11.8 Å². The van der Waals surface area contributed by atoms with Crippen LogP contribution < -0.4 is 15.4 Å². The Morgan fingerprint density at radius 2 is 1.58 bits per heavy atom.